The van der Waals surface area contributed by atoms with E-state index in [1.807, 2.05) is 0 Å². The van der Waals surface area contributed by atoms with Gasteiger partial charge >= 0.3 is 27.5 Å². The highest BCUT2D eigenvalue weighted by molar-refractivity contribution is 4.59. The Kier molecular flexibility index (Phi) is 4.45. The van der Waals surface area contributed by atoms with Crippen LogP contribution in [0.1, 0.15) is 0 Å². The Morgan fingerprint density at radius 1 is 1.00 bits per heavy atom. The van der Waals surface area contributed by atoms with Gasteiger partial charge in [-0.3, -0.25) is 0 Å². The molecule has 0 aromatic carbocycles. The van der Waals surface area contributed by atoms with Crippen LogP contribution >= 0.6 is 0 Å². The molecule has 0 rings (SSSR count). The summed E-state index contributed by atoms with van der Waals surface area (Å²) in [7, 11) is -5.11. The molecule has 10 heavy (non-hydrogen) atoms. The third kappa shape index (κ3) is 5.89. The van der Waals surface area contributed by atoms with Crippen LogP contribution in [0.3, 0.4) is 0 Å². The average Bonchev–Trinajstić information content (AvgIpc) is 1.58. The fourth-order valence-electron chi connectivity index (χ4n) is 0.152. The van der Waals surface area contributed by atoms with Crippen molar-refractivity contribution < 1.29 is 48.8 Å². The molecule has 0 aliphatic rings. The molecule has 0 radical (unpaired) electrons. The second-order valence-electron chi connectivity index (χ2n) is 0.904. The zero-order valence-corrected chi connectivity index (χ0v) is 5.92. The molecular formula is C2H2Cl2O6. The Hall–Kier alpha value is -0.240. The van der Waals surface area contributed by atoms with E-state index >= 15 is 0 Å². The van der Waals surface area contributed by atoms with E-state index in [9.17, 15) is 18.6 Å². The minimum atomic E-state index is -2.56. The van der Waals surface area contributed by atoms with Crippen molar-refractivity contribution >= 4 is 0 Å². The van der Waals surface area contributed by atoms with E-state index < -0.39 is 27.5 Å². The van der Waals surface area contributed by atoms with E-state index in [1.54, 1.807) is 0 Å². The number of hydrogen-bond acceptors (Lipinski definition) is 6. The monoisotopic (exact) mass is 192 g/mol. The van der Waals surface area contributed by atoms with Crippen molar-refractivity contribution in [1.82, 2.24) is 0 Å². The normalized spacial score (nSPS) is 10.2. The van der Waals surface area contributed by atoms with Crippen molar-refractivity contribution in [2.24, 2.45) is 0 Å². The lowest BCUT2D eigenvalue weighted by Crippen LogP contribution is -2.37. The number of halogens is 2. The first-order chi connectivity index (χ1) is 4.52. The molecule has 0 aromatic rings. The Morgan fingerprint density at radius 2 is 1.30 bits per heavy atom. The Bertz CT molecular complexity index is 100. The first kappa shape index (κ1) is 9.76. The molecule has 0 fully saturated rings. The van der Waals surface area contributed by atoms with Crippen molar-refractivity contribution in [2.75, 3.05) is 0 Å². The molecule has 0 heterocycles. The minimum absolute atomic E-state index is 0.851. The van der Waals surface area contributed by atoms with Gasteiger partial charge in [-0.2, -0.15) is 0 Å². The van der Waals surface area contributed by atoms with Crippen LogP contribution in [0.2, 0.25) is 0 Å². The van der Waals surface area contributed by atoms with Gasteiger partial charge in [0, 0.05) is 6.58 Å². The molecule has 0 spiro atoms. The summed E-state index contributed by atoms with van der Waals surface area (Å²) in [5, 5.41) is 0. The predicted molar refractivity (Wildman–Crippen MR) is 11.3 cm³/mol. The lowest BCUT2D eigenvalue weighted by Gasteiger charge is -1.93. The van der Waals surface area contributed by atoms with Gasteiger partial charge in [-0.05, 0) is 0 Å². The maximum Gasteiger partial charge on any atom is 0.504 e. The molecule has 0 aliphatic carbocycles. The minimum Gasteiger partial charge on any atom is -0.307 e. The van der Waals surface area contributed by atoms with Crippen LogP contribution in [0.5, 0.6) is 0 Å². The third-order valence-corrected chi connectivity index (χ3v) is 0.894. The Labute approximate surface area is 62.1 Å². The van der Waals surface area contributed by atoms with Gasteiger partial charge in [0.05, 0.1) is 0 Å². The van der Waals surface area contributed by atoms with Gasteiger partial charge in [-0.15, -0.1) is 0 Å². The van der Waals surface area contributed by atoms with E-state index in [0.29, 0.717) is 0 Å². The fourth-order valence-corrected chi connectivity index (χ4v) is 0.529. The van der Waals surface area contributed by atoms with E-state index in [1.165, 1.54) is 0 Å². The van der Waals surface area contributed by atoms with Gasteiger partial charge in [0.15, 0.2) is 0 Å². The second-order valence-corrected chi connectivity index (χ2v) is 1.97. The lowest BCUT2D eigenvalue weighted by atomic mass is 11.1. The van der Waals surface area contributed by atoms with Crippen LogP contribution in [0, 0.1) is 21.6 Å². The first-order valence-electron chi connectivity index (χ1n) is 1.69. The van der Waals surface area contributed by atoms with Crippen molar-refractivity contribution in [3.05, 3.63) is 12.5 Å². The SMILES string of the molecule is C=C(O[Cl+2]([O-])[O-])O[Cl+2]([O-])[O-]. The largest absolute Gasteiger partial charge is 0.504 e. The molecule has 0 aliphatic heterocycles. The molecule has 0 saturated heterocycles. The quantitative estimate of drug-likeness (QED) is 0.417. The van der Waals surface area contributed by atoms with Crippen LogP contribution in [-0.2, 0) is 8.58 Å². The molecule has 0 N–H and O–H groups in total. The Morgan fingerprint density at radius 3 is 1.50 bits per heavy atom. The molecule has 0 aromatic heterocycles. The molecule has 0 saturated carbocycles. The molecule has 0 bridgehead atoms. The van der Waals surface area contributed by atoms with Crippen molar-refractivity contribution in [3.63, 3.8) is 0 Å². The van der Waals surface area contributed by atoms with Gasteiger partial charge in [-0.25, -0.2) is 0 Å². The summed E-state index contributed by atoms with van der Waals surface area (Å²) in [6.07, 6.45) is 0. The molecule has 60 valence electrons. The highest BCUT2D eigenvalue weighted by Crippen LogP contribution is 1.98. The lowest BCUT2D eigenvalue weighted by molar-refractivity contribution is -1.64. The summed E-state index contributed by atoms with van der Waals surface area (Å²) in [5.41, 5.74) is 0. The van der Waals surface area contributed by atoms with Gasteiger partial charge in [-0.1, -0.05) is 8.58 Å². The Balaban J connectivity index is 3.44. The molecular weight excluding hydrogens is 191 g/mol. The summed E-state index contributed by atoms with van der Waals surface area (Å²) in [6, 6.07) is 0. The smallest absolute Gasteiger partial charge is 0.307 e. The summed E-state index contributed by atoms with van der Waals surface area (Å²) < 4.78 is 45.6. The zero-order chi connectivity index (χ0) is 8.15. The van der Waals surface area contributed by atoms with Gasteiger partial charge in [0.1, 0.15) is 0 Å². The number of hydrogen-bond donors (Lipinski definition) is 0. The molecule has 6 nitrogen and oxygen atoms in total. The van der Waals surface area contributed by atoms with E-state index in [0.717, 1.165) is 0 Å². The maximum absolute atomic E-state index is 9.59. The third-order valence-electron chi connectivity index (χ3n) is 0.298. The summed E-state index contributed by atoms with van der Waals surface area (Å²) >= 11 is 0. The van der Waals surface area contributed by atoms with Crippen molar-refractivity contribution in [1.29, 1.82) is 0 Å². The van der Waals surface area contributed by atoms with E-state index in [2.05, 4.69) is 15.2 Å². The summed E-state index contributed by atoms with van der Waals surface area (Å²) in [5.74, 6) is -0.851. The summed E-state index contributed by atoms with van der Waals surface area (Å²) in [4.78, 5) is 0. The predicted octanol–water partition coefficient (Wildman–Crippen LogP) is -4.34. The van der Waals surface area contributed by atoms with Crippen LogP contribution in [-0.4, -0.2) is 0 Å². The second kappa shape index (κ2) is 4.56. The fraction of sp³-hybridized carbons (Fsp3) is 0. The average molecular weight is 193 g/mol. The van der Waals surface area contributed by atoms with Gasteiger partial charge in [0.25, 0.3) is 0 Å². The summed E-state index contributed by atoms with van der Waals surface area (Å²) in [6.45, 7) is 2.79. The van der Waals surface area contributed by atoms with Gasteiger partial charge in [0.2, 0.25) is 0 Å². The van der Waals surface area contributed by atoms with Gasteiger partial charge < -0.3 is 18.6 Å². The van der Waals surface area contributed by atoms with Crippen molar-refractivity contribution in [2.45, 2.75) is 0 Å². The van der Waals surface area contributed by atoms with E-state index in [4.69, 9.17) is 0 Å². The van der Waals surface area contributed by atoms with Crippen LogP contribution in [0.25, 0.3) is 0 Å². The molecule has 0 unspecified atom stereocenters. The number of rotatable bonds is 4. The first-order valence-corrected chi connectivity index (χ1v) is 3.54. The van der Waals surface area contributed by atoms with Crippen LogP contribution in [0.4, 0.5) is 0 Å². The molecule has 0 atom stereocenters. The highest BCUT2D eigenvalue weighted by atomic mass is 35.6. The molecule has 8 heteroatoms. The van der Waals surface area contributed by atoms with E-state index in [-0.39, 0.29) is 0 Å². The van der Waals surface area contributed by atoms with Crippen LogP contribution < -0.4 is 18.6 Å². The standard InChI is InChI=1S/C2H2Cl2O6/c1-2(9-3(5)6)10-4(7)8/h1H2. The maximum atomic E-state index is 9.59. The highest BCUT2D eigenvalue weighted by Gasteiger charge is 2.22. The van der Waals surface area contributed by atoms with Crippen LogP contribution in [0.15, 0.2) is 12.5 Å². The van der Waals surface area contributed by atoms with Crippen molar-refractivity contribution in [3.8, 4) is 0 Å². The topological polar surface area (TPSA) is 111 Å². The molecule has 0 amide bonds. The zero-order valence-electron chi connectivity index (χ0n) is 4.41.